The molecule has 2 aromatic carbocycles. The number of carbonyl (C=O) groups excluding carboxylic acids is 2. The van der Waals surface area contributed by atoms with Crippen LogP contribution >= 0.6 is 0 Å². The van der Waals surface area contributed by atoms with Crippen molar-refractivity contribution in [3.05, 3.63) is 65.5 Å². The highest BCUT2D eigenvalue weighted by molar-refractivity contribution is 5.94. The number of anilines is 1. The van der Waals surface area contributed by atoms with Gasteiger partial charge in [0, 0.05) is 24.3 Å². The van der Waals surface area contributed by atoms with E-state index in [-0.39, 0.29) is 17.5 Å². The highest BCUT2D eigenvalue weighted by atomic mass is 19.1. The lowest BCUT2D eigenvalue weighted by molar-refractivity contribution is -0.892. The van der Waals surface area contributed by atoms with E-state index in [1.807, 2.05) is 37.3 Å². The van der Waals surface area contributed by atoms with Crippen molar-refractivity contribution < 1.29 is 18.9 Å². The van der Waals surface area contributed by atoms with E-state index >= 15 is 0 Å². The first-order chi connectivity index (χ1) is 14.0. The maximum atomic E-state index is 13.4. The maximum absolute atomic E-state index is 13.4. The number of Topliss-reactive ketones (excluding diaryl/α,β-unsaturated/α-hetero) is 1. The standard InChI is InChI=1S/C23H28FN3O2/c1-3-26(16-19-5-4-6-21(24)15-19)23(29)17-25-11-13-27(14-12-25)22-9-7-20(8-10-22)18(2)28/h4-10,15H,3,11-14,16-17H2,1-2H3/p+1. The fourth-order valence-corrected chi connectivity index (χ4v) is 3.72. The van der Waals surface area contributed by atoms with E-state index in [0.29, 0.717) is 19.6 Å². The number of likely N-dealkylation sites (N-methyl/N-ethyl adjacent to an activating group) is 1. The van der Waals surface area contributed by atoms with E-state index in [0.717, 1.165) is 43.0 Å². The van der Waals surface area contributed by atoms with Gasteiger partial charge in [-0.3, -0.25) is 9.59 Å². The van der Waals surface area contributed by atoms with Crippen molar-refractivity contribution >= 4 is 17.4 Å². The second-order valence-electron chi connectivity index (χ2n) is 7.55. The van der Waals surface area contributed by atoms with Crippen molar-refractivity contribution in [3.8, 4) is 0 Å². The van der Waals surface area contributed by atoms with Crippen LogP contribution < -0.4 is 9.80 Å². The third kappa shape index (κ3) is 5.64. The summed E-state index contributed by atoms with van der Waals surface area (Å²) in [6.45, 7) is 8.55. The van der Waals surface area contributed by atoms with Crippen LogP contribution in [0.4, 0.5) is 10.1 Å². The zero-order chi connectivity index (χ0) is 20.8. The Labute approximate surface area is 171 Å². The van der Waals surface area contributed by atoms with E-state index in [2.05, 4.69) is 4.90 Å². The normalized spacial score (nSPS) is 14.7. The van der Waals surface area contributed by atoms with Gasteiger partial charge in [-0.1, -0.05) is 12.1 Å². The number of ketones is 1. The molecule has 0 radical (unpaired) electrons. The molecule has 29 heavy (non-hydrogen) atoms. The molecule has 2 aromatic rings. The first-order valence-corrected chi connectivity index (χ1v) is 10.2. The summed E-state index contributed by atoms with van der Waals surface area (Å²) in [6.07, 6.45) is 0. The summed E-state index contributed by atoms with van der Waals surface area (Å²) in [7, 11) is 0. The van der Waals surface area contributed by atoms with E-state index in [1.54, 1.807) is 17.9 Å². The van der Waals surface area contributed by atoms with Gasteiger partial charge >= 0.3 is 0 Å². The molecule has 1 aliphatic heterocycles. The minimum Gasteiger partial charge on any atom is -0.360 e. The second-order valence-corrected chi connectivity index (χ2v) is 7.55. The fourth-order valence-electron chi connectivity index (χ4n) is 3.72. The van der Waals surface area contributed by atoms with Gasteiger partial charge < -0.3 is 14.7 Å². The molecule has 0 spiro atoms. The number of hydrogen-bond acceptors (Lipinski definition) is 3. The summed E-state index contributed by atoms with van der Waals surface area (Å²) in [5.41, 5.74) is 2.65. The molecule has 0 atom stereocenters. The molecule has 154 valence electrons. The van der Waals surface area contributed by atoms with Crippen LogP contribution in [-0.2, 0) is 11.3 Å². The van der Waals surface area contributed by atoms with E-state index in [4.69, 9.17) is 0 Å². The molecule has 3 rings (SSSR count). The Kier molecular flexibility index (Phi) is 6.99. The number of carbonyl (C=O) groups is 2. The van der Waals surface area contributed by atoms with Crippen LogP contribution in [0.5, 0.6) is 0 Å². The molecule has 6 heteroatoms. The Bertz CT molecular complexity index is 845. The summed E-state index contributed by atoms with van der Waals surface area (Å²) in [6, 6.07) is 14.1. The van der Waals surface area contributed by atoms with Gasteiger partial charge in [0.1, 0.15) is 5.82 Å². The third-order valence-corrected chi connectivity index (χ3v) is 5.51. The topological polar surface area (TPSA) is 45.1 Å². The summed E-state index contributed by atoms with van der Waals surface area (Å²) in [5.74, 6) is -0.0989. The first-order valence-electron chi connectivity index (χ1n) is 10.2. The monoisotopic (exact) mass is 398 g/mol. The number of nitrogens with one attached hydrogen (secondary N) is 1. The quantitative estimate of drug-likeness (QED) is 0.724. The van der Waals surface area contributed by atoms with Crippen LogP contribution in [0.2, 0.25) is 0 Å². The van der Waals surface area contributed by atoms with Crippen molar-refractivity contribution in [1.82, 2.24) is 4.90 Å². The average Bonchev–Trinajstić information content (AvgIpc) is 2.72. The Hall–Kier alpha value is -2.73. The molecule has 0 bridgehead atoms. The molecule has 0 unspecified atom stereocenters. The smallest absolute Gasteiger partial charge is 0.278 e. The predicted octanol–water partition coefficient (Wildman–Crippen LogP) is 1.78. The number of quaternary nitrogens is 1. The number of nitrogens with zero attached hydrogens (tertiary/aromatic N) is 2. The molecule has 1 saturated heterocycles. The number of rotatable bonds is 7. The number of amides is 1. The van der Waals surface area contributed by atoms with E-state index in [9.17, 15) is 14.0 Å². The van der Waals surface area contributed by atoms with Crippen LogP contribution in [0.15, 0.2) is 48.5 Å². The average molecular weight is 399 g/mol. The molecule has 1 N–H and O–H groups in total. The lowest BCUT2D eigenvalue weighted by Crippen LogP contribution is -3.15. The van der Waals surface area contributed by atoms with Gasteiger partial charge in [-0.15, -0.1) is 0 Å². The lowest BCUT2D eigenvalue weighted by atomic mass is 10.1. The highest BCUT2D eigenvalue weighted by Gasteiger charge is 2.24. The number of benzene rings is 2. The molecular formula is C23H29FN3O2+. The van der Waals surface area contributed by atoms with Crippen molar-refractivity contribution in [2.24, 2.45) is 0 Å². The van der Waals surface area contributed by atoms with Gasteiger partial charge in [-0.05, 0) is 55.8 Å². The molecule has 0 aliphatic carbocycles. The van der Waals surface area contributed by atoms with Crippen LogP contribution in [0, 0.1) is 5.82 Å². The van der Waals surface area contributed by atoms with E-state index < -0.39 is 0 Å². The van der Waals surface area contributed by atoms with Crippen LogP contribution in [0.1, 0.15) is 29.8 Å². The molecule has 1 amide bonds. The fraction of sp³-hybridized carbons (Fsp3) is 0.391. The molecular weight excluding hydrogens is 369 g/mol. The molecule has 1 aliphatic rings. The highest BCUT2D eigenvalue weighted by Crippen LogP contribution is 2.15. The minimum absolute atomic E-state index is 0.0723. The summed E-state index contributed by atoms with van der Waals surface area (Å²) < 4.78 is 13.4. The summed E-state index contributed by atoms with van der Waals surface area (Å²) in [4.78, 5) is 29.5. The van der Waals surface area contributed by atoms with Crippen molar-refractivity contribution in [2.75, 3.05) is 44.2 Å². The zero-order valence-corrected chi connectivity index (χ0v) is 17.2. The van der Waals surface area contributed by atoms with Crippen molar-refractivity contribution in [2.45, 2.75) is 20.4 Å². The maximum Gasteiger partial charge on any atom is 0.278 e. The SMILES string of the molecule is CCN(Cc1cccc(F)c1)C(=O)C[NH+]1CCN(c2ccc(C(C)=O)cc2)CC1. The van der Waals surface area contributed by atoms with Gasteiger partial charge in [0.2, 0.25) is 0 Å². The van der Waals surface area contributed by atoms with Gasteiger partial charge in [0.25, 0.3) is 5.91 Å². The number of halogens is 1. The van der Waals surface area contributed by atoms with Gasteiger partial charge in [-0.25, -0.2) is 4.39 Å². The molecule has 1 fully saturated rings. The molecule has 0 aromatic heterocycles. The second kappa shape index (κ2) is 9.65. The largest absolute Gasteiger partial charge is 0.360 e. The molecule has 5 nitrogen and oxygen atoms in total. The van der Waals surface area contributed by atoms with Crippen molar-refractivity contribution in [1.29, 1.82) is 0 Å². The van der Waals surface area contributed by atoms with Crippen molar-refractivity contribution in [3.63, 3.8) is 0 Å². The summed E-state index contributed by atoms with van der Waals surface area (Å²) >= 11 is 0. The Morgan fingerprint density at radius 2 is 1.79 bits per heavy atom. The van der Waals surface area contributed by atoms with Gasteiger partial charge in [-0.2, -0.15) is 0 Å². The zero-order valence-electron chi connectivity index (χ0n) is 17.2. The summed E-state index contributed by atoms with van der Waals surface area (Å²) in [5, 5.41) is 0. The Morgan fingerprint density at radius 1 is 1.10 bits per heavy atom. The molecule has 1 heterocycles. The number of piperazine rings is 1. The Balaban J connectivity index is 1.51. The third-order valence-electron chi connectivity index (χ3n) is 5.51. The Morgan fingerprint density at radius 3 is 2.38 bits per heavy atom. The predicted molar refractivity (Wildman–Crippen MR) is 112 cm³/mol. The van der Waals surface area contributed by atoms with E-state index in [1.165, 1.54) is 17.0 Å². The first kappa shape index (κ1) is 21.0. The van der Waals surface area contributed by atoms with Gasteiger partial charge in [0.15, 0.2) is 12.3 Å². The van der Waals surface area contributed by atoms with Crippen LogP contribution in [0.25, 0.3) is 0 Å². The van der Waals surface area contributed by atoms with Crippen LogP contribution in [-0.4, -0.2) is 55.9 Å². The van der Waals surface area contributed by atoms with Gasteiger partial charge in [0.05, 0.1) is 26.2 Å². The number of hydrogen-bond donors (Lipinski definition) is 1. The minimum atomic E-state index is -0.274. The molecule has 0 saturated carbocycles. The van der Waals surface area contributed by atoms with Crippen LogP contribution in [0.3, 0.4) is 0 Å². The lowest BCUT2D eigenvalue weighted by Gasteiger charge is -2.34.